The van der Waals surface area contributed by atoms with Gasteiger partial charge in [0, 0.05) is 31.4 Å². The number of fused-ring (bicyclic) bond motifs is 1. The predicted octanol–water partition coefficient (Wildman–Crippen LogP) is 3.04. The van der Waals surface area contributed by atoms with Gasteiger partial charge in [0.2, 0.25) is 5.91 Å². The highest BCUT2D eigenvalue weighted by atomic mass is 16.5. The number of nitrogens with zero attached hydrogens (tertiary/aromatic N) is 2. The van der Waals surface area contributed by atoms with Crippen molar-refractivity contribution < 1.29 is 9.53 Å². The zero-order valence-electron chi connectivity index (χ0n) is 17.7. The molecule has 1 aliphatic rings. The first-order chi connectivity index (χ1) is 14.0. The monoisotopic (exact) mass is 394 g/mol. The molecule has 1 heterocycles. The van der Waals surface area contributed by atoms with E-state index >= 15 is 0 Å². The molecule has 0 radical (unpaired) electrons. The Labute approximate surface area is 173 Å². The average molecular weight is 395 g/mol. The SMILES string of the molecule is CN=C(NCC(=O)N1CCc2ccccc21)NCc1ccc(C)cc1OC(C)C. The number of carbonyl (C=O) groups is 1. The number of para-hydroxylation sites is 1. The van der Waals surface area contributed by atoms with Gasteiger partial charge in [-0.3, -0.25) is 9.79 Å². The first-order valence-corrected chi connectivity index (χ1v) is 10.1. The fourth-order valence-electron chi connectivity index (χ4n) is 3.42. The van der Waals surface area contributed by atoms with Crippen molar-refractivity contribution in [2.45, 2.75) is 39.8 Å². The Hall–Kier alpha value is -3.02. The molecule has 0 saturated carbocycles. The molecular formula is C23H30N4O2. The summed E-state index contributed by atoms with van der Waals surface area (Å²) in [6.45, 7) is 7.56. The highest BCUT2D eigenvalue weighted by Crippen LogP contribution is 2.27. The molecule has 6 nitrogen and oxygen atoms in total. The highest BCUT2D eigenvalue weighted by molar-refractivity contribution is 5.98. The smallest absolute Gasteiger partial charge is 0.246 e. The van der Waals surface area contributed by atoms with Crippen LogP contribution in [0.15, 0.2) is 47.5 Å². The van der Waals surface area contributed by atoms with Crippen LogP contribution < -0.4 is 20.3 Å². The number of amides is 1. The maximum Gasteiger partial charge on any atom is 0.246 e. The van der Waals surface area contributed by atoms with Crippen molar-refractivity contribution in [3.63, 3.8) is 0 Å². The van der Waals surface area contributed by atoms with E-state index in [1.165, 1.54) is 5.56 Å². The summed E-state index contributed by atoms with van der Waals surface area (Å²) in [5.41, 5.74) is 4.44. The van der Waals surface area contributed by atoms with Crippen molar-refractivity contribution in [3.8, 4) is 5.75 Å². The Kier molecular flexibility index (Phi) is 6.75. The minimum atomic E-state index is 0.0390. The van der Waals surface area contributed by atoms with Crippen molar-refractivity contribution in [1.29, 1.82) is 0 Å². The lowest BCUT2D eigenvalue weighted by atomic mass is 10.1. The number of ether oxygens (including phenoxy) is 1. The minimum Gasteiger partial charge on any atom is -0.491 e. The van der Waals surface area contributed by atoms with Crippen LogP contribution in [0.25, 0.3) is 0 Å². The molecule has 0 unspecified atom stereocenters. The maximum atomic E-state index is 12.7. The van der Waals surface area contributed by atoms with Crippen LogP contribution in [0.5, 0.6) is 5.75 Å². The van der Waals surface area contributed by atoms with Crippen LogP contribution in [0.4, 0.5) is 5.69 Å². The van der Waals surface area contributed by atoms with Gasteiger partial charge in [-0.05, 0) is 50.5 Å². The summed E-state index contributed by atoms with van der Waals surface area (Å²) in [6.07, 6.45) is 1.01. The lowest BCUT2D eigenvalue weighted by Gasteiger charge is -2.19. The van der Waals surface area contributed by atoms with Gasteiger partial charge in [-0.15, -0.1) is 0 Å². The third-order valence-corrected chi connectivity index (χ3v) is 4.85. The zero-order valence-corrected chi connectivity index (χ0v) is 17.7. The number of hydrogen-bond donors (Lipinski definition) is 2. The standard InChI is InChI=1S/C23H30N4O2/c1-16(2)29-21-13-17(3)9-10-19(21)14-25-23(24-4)26-15-22(28)27-12-11-18-7-5-6-8-20(18)27/h5-10,13,16H,11-12,14-15H2,1-4H3,(H2,24,25,26). The number of guanidine groups is 1. The summed E-state index contributed by atoms with van der Waals surface area (Å²) >= 11 is 0. The summed E-state index contributed by atoms with van der Waals surface area (Å²) < 4.78 is 5.93. The van der Waals surface area contributed by atoms with Gasteiger partial charge in [-0.25, -0.2) is 0 Å². The largest absolute Gasteiger partial charge is 0.491 e. The van der Waals surface area contributed by atoms with Crippen molar-refractivity contribution in [2.75, 3.05) is 25.0 Å². The highest BCUT2D eigenvalue weighted by Gasteiger charge is 2.23. The predicted molar refractivity (Wildman–Crippen MR) is 118 cm³/mol. The zero-order chi connectivity index (χ0) is 20.8. The summed E-state index contributed by atoms with van der Waals surface area (Å²) in [5.74, 6) is 1.49. The number of carbonyl (C=O) groups excluding carboxylic acids is 1. The molecule has 2 N–H and O–H groups in total. The van der Waals surface area contributed by atoms with Crippen LogP contribution in [-0.2, 0) is 17.8 Å². The second kappa shape index (κ2) is 9.45. The van der Waals surface area contributed by atoms with E-state index in [1.807, 2.05) is 49.9 Å². The van der Waals surface area contributed by atoms with E-state index in [1.54, 1.807) is 7.05 Å². The van der Waals surface area contributed by atoms with Crippen LogP contribution in [0.3, 0.4) is 0 Å². The Morgan fingerprint density at radius 3 is 2.76 bits per heavy atom. The van der Waals surface area contributed by atoms with Gasteiger partial charge in [-0.2, -0.15) is 0 Å². The van der Waals surface area contributed by atoms with Crippen LogP contribution in [0.2, 0.25) is 0 Å². The number of anilines is 1. The molecule has 6 heteroatoms. The van der Waals surface area contributed by atoms with Gasteiger partial charge in [0.25, 0.3) is 0 Å². The quantitative estimate of drug-likeness (QED) is 0.584. The van der Waals surface area contributed by atoms with E-state index < -0.39 is 0 Å². The number of rotatable bonds is 6. The minimum absolute atomic E-state index is 0.0390. The summed E-state index contributed by atoms with van der Waals surface area (Å²) in [7, 11) is 1.70. The molecule has 0 atom stereocenters. The van der Waals surface area contributed by atoms with Crippen molar-refractivity contribution in [2.24, 2.45) is 4.99 Å². The van der Waals surface area contributed by atoms with Crippen molar-refractivity contribution >= 4 is 17.6 Å². The van der Waals surface area contributed by atoms with Crippen LogP contribution >= 0.6 is 0 Å². The molecular weight excluding hydrogens is 364 g/mol. The fraction of sp³-hybridized carbons (Fsp3) is 0.391. The van der Waals surface area contributed by atoms with E-state index in [0.29, 0.717) is 12.5 Å². The summed E-state index contributed by atoms with van der Waals surface area (Å²) in [4.78, 5) is 18.8. The van der Waals surface area contributed by atoms with E-state index in [4.69, 9.17) is 4.74 Å². The van der Waals surface area contributed by atoms with Gasteiger partial charge >= 0.3 is 0 Å². The molecule has 0 fully saturated rings. The van der Waals surface area contributed by atoms with Gasteiger partial charge in [-0.1, -0.05) is 30.3 Å². The van der Waals surface area contributed by atoms with Crippen LogP contribution in [0.1, 0.15) is 30.5 Å². The lowest BCUT2D eigenvalue weighted by Crippen LogP contribution is -2.44. The second-order valence-corrected chi connectivity index (χ2v) is 7.48. The van der Waals surface area contributed by atoms with Gasteiger partial charge < -0.3 is 20.3 Å². The first kappa shape index (κ1) is 20.7. The molecule has 3 rings (SSSR count). The maximum absolute atomic E-state index is 12.7. The Morgan fingerprint density at radius 2 is 2.00 bits per heavy atom. The van der Waals surface area contributed by atoms with E-state index in [-0.39, 0.29) is 18.6 Å². The van der Waals surface area contributed by atoms with Crippen molar-refractivity contribution in [3.05, 3.63) is 59.2 Å². The summed E-state index contributed by atoms with van der Waals surface area (Å²) in [5, 5.41) is 6.40. The Balaban J connectivity index is 1.56. The van der Waals surface area contributed by atoms with Crippen LogP contribution in [0, 0.1) is 6.92 Å². The van der Waals surface area contributed by atoms with Gasteiger partial charge in [0.15, 0.2) is 5.96 Å². The van der Waals surface area contributed by atoms with Gasteiger partial charge in [0.1, 0.15) is 5.75 Å². The second-order valence-electron chi connectivity index (χ2n) is 7.48. The number of aryl methyl sites for hydroxylation is 1. The number of aliphatic imine (C=N–C) groups is 1. The number of nitrogens with one attached hydrogen (secondary N) is 2. The molecule has 29 heavy (non-hydrogen) atoms. The lowest BCUT2D eigenvalue weighted by molar-refractivity contribution is -0.117. The molecule has 0 spiro atoms. The normalized spacial score (nSPS) is 13.4. The Bertz CT molecular complexity index is 892. The van der Waals surface area contributed by atoms with E-state index in [9.17, 15) is 4.79 Å². The molecule has 0 aliphatic carbocycles. The molecule has 2 aromatic carbocycles. The van der Waals surface area contributed by atoms with E-state index in [2.05, 4.69) is 33.8 Å². The molecule has 0 saturated heterocycles. The molecule has 154 valence electrons. The first-order valence-electron chi connectivity index (χ1n) is 10.1. The van der Waals surface area contributed by atoms with E-state index in [0.717, 1.165) is 35.5 Å². The summed E-state index contributed by atoms with van der Waals surface area (Å²) in [6, 6.07) is 14.2. The molecule has 2 aromatic rings. The third kappa shape index (κ3) is 5.28. The topological polar surface area (TPSA) is 66.0 Å². The van der Waals surface area contributed by atoms with Gasteiger partial charge in [0.05, 0.1) is 12.6 Å². The number of benzene rings is 2. The molecule has 0 bridgehead atoms. The Morgan fingerprint density at radius 1 is 1.21 bits per heavy atom. The van der Waals surface area contributed by atoms with Crippen molar-refractivity contribution in [1.82, 2.24) is 10.6 Å². The molecule has 1 amide bonds. The molecule has 0 aromatic heterocycles. The number of hydrogen-bond acceptors (Lipinski definition) is 3. The third-order valence-electron chi connectivity index (χ3n) is 4.85. The average Bonchev–Trinajstić information content (AvgIpc) is 3.13. The van der Waals surface area contributed by atoms with Crippen LogP contribution in [-0.4, -0.2) is 38.1 Å². The fourth-order valence-corrected chi connectivity index (χ4v) is 3.42. The molecule has 1 aliphatic heterocycles.